The monoisotopic (exact) mass is 484 g/mol. The zero-order chi connectivity index (χ0) is 25.4. The van der Waals surface area contributed by atoms with Gasteiger partial charge in [-0.15, -0.1) is 0 Å². The van der Waals surface area contributed by atoms with Crippen LogP contribution in [0.5, 0.6) is 0 Å². The molecule has 7 heteroatoms. The highest BCUT2D eigenvalue weighted by atomic mass is 16.4. The summed E-state index contributed by atoms with van der Waals surface area (Å²) in [4.78, 5) is 14.0. The molecule has 3 saturated carbocycles. The van der Waals surface area contributed by atoms with Crippen molar-refractivity contribution in [3.63, 3.8) is 0 Å². The van der Waals surface area contributed by atoms with Crippen molar-refractivity contribution in [2.45, 2.75) is 103 Å². The average Bonchev–Trinajstić information content (AvgIpc) is 3.10. The molecule has 34 heavy (non-hydrogen) atoms. The lowest BCUT2D eigenvalue weighted by Crippen LogP contribution is -2.67. The van der Waals surface area contributed by atoms with Crippen LogP contribution < -0.4 is 0 Å². The summed E-state index contributed by atoms with van der Waals surface area (Å²) in [6, 6.07) is 0. The fraction of sp³-hybridized carbons (Fsp3) is 0.963. The van der Waals surface area contributed by atoms with Crippen LogP contribution >= 0.6 is 0 Å². The van der Waals surface area contributed by atoms with E-state index in [2.05, 4.69) is 27.7 Å². The van der Waals surface area contributed by atoms with Crippen LogP contribution in [0.25, 0.3) is 0 Å². The molecular weight excluding hydrogens is 436 g/mol. The number of aliphatic hydroxyl groups excluding tert-OH is 6. The summed E-state index contributed by atoms with van der Waals surface area (Å²) >= 11 is 0. The van der Waals surface area contributed by atoms with E-state index in [0.29, 0.717) is 24.2 Å². The van der Waals surface area contributed by atoms with Crippen molar-refractivity contribution in [1.82, 2.24) is 0 Å². The van der Waals surface area contributed by atoms with Crippen LogP contribution in [0.4, 0.5) is 0 Å². The summed E-state index contributed by atoms with van der Waals surface area (Å²) in [6.07, 6.45) is 0.480. The smallest absolute Gasteiger partial charge is 0.145 e. The topological polar surface area (TPSA) is 138 Å². The first-order valence-electron chi connectivity index (χ1n) is 13.4. The van der Waals surface area contributed by atoms with Crippen molar-refractivity contribution >= 4 is 5.78 Å². The zero-order valence-electron chi connectivity index (χ0n) is 21.4. The summed E-state index contributed by atoms with van der Waals surface area (Å²) in [7, 11) is 0. The van der Waals surface area contributed by atoms with Gasteiger partial charge >= 0.3 is 0 Å². The van der Waals surface area contributed by atoms with Gasteiger partial charge in [-0.1, -0.05) is 47.0 Å². The van der Waals surface area contributed by atoms with Crippen LogP contribution in [0.15, 0.2) is 0 Å². The Kier molecular flexibility index (Phi) is 8.91. The minimum absolute atomic E-state index is 0.0308. The van der Waals surface area contributed by atoms with Gasteiger partial charge in [0.1, 0.15) is 11.9 Å². The summed E-state index contributed by atoms with van der Waals surface area (Å²) in [5.74, 6) is -0.308. The number of carbonyl (C=O) groups is 1. The molecule has 0 spiro atoms. The van der Waals surface area contributed by atoms with Crippen LogP contribution in [0.3, 0.4) is 0 Å². The van der Waals surface area contributed by atoms with E-state index >= 15 is 0 Å². The SMILES string of the molecule is CC(C)CCC[C@@H](C)[C@H]1CC[C@@H]([C@@H]2C[C@@H](O)[C@H]3[C@H](O)[C@H](O)[C@H](O)C[C@]3(CO)C2=O)[C@]1(C)CCO. The average molecular weight is 485 g/mol. The Morgan fingerprint density at radius 2 is 1.65 bits per heavy atom. The molecule has 0 aromatic rings. The maximum absolute atomic E-state index is 14.0. The largest absolute Gasteiger partial charge is 0.396 e. The fourth-order valence-corrected chi connectivity index (χ4v) is 8.29. The molecule has 0 heterocycles. The summed E-state index contributed by atoms with van der Waals surface area (Å²) in [6.45, 7) is 8.37. The third-order valence-electron chi connectivity index (χ3n) is 10.1. The lowest BCUT2D eigenvalue weighted by Gasteiger charge is -2.56. The van der Waals surface area contributed by atoms with E-state index in [4.69, 9.17) is 0 Å². The van der Waals surface area contributed by atoms with Gasteiger partial charge < -0.3 is 30.6 Å². The van der Waals surface area contributed by atoms with Crippen LogP contribution in [0.1, 0.15) is 79.1 Å². The molecule has 198 valence electrons. The Bertz CT molecular complexity index is 698. The van der Waals surface area contributed by atoms with E-state index in [-0.39, 0.29) is 36.6 Å². The third-order valence-corrected chi connectivity index (χ3v) is 10.1. The van der Waals surface area contributed by atoms with Gasteiger partial charge in [0.15, 0.2) is 0 Å². The Morgan fingerprint density at radius 3 is 2.24 bits per heavy atom. The molecule has 0 amide bonds. The molecule has 3 aliphatic rings. The van der Waals surface area contributed by atoms with Gasteiger partial charge in [-0.3, -0.25) is 4.79 Å². The van der Waals surface area contributed by atoms with Crippen molar-refractivity contribution in [2.75, 3.05) is 13.2 Å². The minimum atomic E-state index is -1.48. The first-order chi connectivity index (χ1) is 15.9. The fourth-order valence-electron chi connectivity index (χ4n) is 8.29. The summed E-state index contributed by atoms with van der Waals surface area (Å²) in [5.41, 5.74) is -1.75. The second-order valence-corrected chi connectivity index (χ2v) is 12.4. The van der Waals surface area contributed by atoms with E-state index in [1.54, 1.807) is 0 Å². The molecule has 3 fully saturated rings. The standard InChI is InChI=1S/C27H48O7/c1-15(2)6-5-7-16(3)18-8-9-19(26(18,4)10-11-28)17-12-20(30)22-24(33)23(32)21(31)13-27(22,14-29)25(17)34/h15-24,28-33H,5-14H2,1-4H3/t16-,17+,18-,19+,20-,21-,22+,23-,24+,26-,27-/m1/s1. The molecule has 6 N–H and O–H groups in total. The van der Waals surface area contributed by atoms with Crippen LogP contribution in [0.2, 0.25) is 0 Å². The Labute approximate surface area is 204 Å². The Hall–Kier alpha value is -0.570. The number of hydrogen-bond donors (Lipinski definition) is 6. The van der Waals surface area contributed by atoms with Gasteiger partial charge in [-0.25, -0.2) is 0 Å². The minimum Gasteiger partial charge on any atom is -0.396 e. The summed E-state index contributed by atoms with van der Waals surface area (Å²) in [5, 5.41) is 62.7. The molecule has 11 atom stereocenters. The van der Waals surface area contributed by atoms with Crippen molar-refractivity contribution in [3.8, 4) is 0 Å². The Morgan fingerprint density at radius 1 is 0.971 bits per heavy atom. The second kappa shape index (κ2) is 10.8. The van der Waals surface area contributed by atoms with Gasteiger partial charge in [-0.2, -0.15) is 0 Å². The zero-order valence-corrected chi connectivity index (χ0v) is 21.4. The molecule has 3 rings (SSSR count). The normalized spacial score (nSPS) is 46.0. The second-order valence-electron chi connectivity index (χ2n) is 12.4. The highest BCUT2D eigenvalue weighted by Crippen LogP contribution is 2.60. The lowest BCUT2D eigenvalue weighted by molar-refractivity contribution is -0.216. The predicted octanol–water partition coefficient (Wildman–Crippen LogP) is 1.89. The number of ketones is 1. The van der Waals surface area contributed by atoms with Gasteiger partial charge in [-0.05, 0) is 61.2 Å². The van der Waals surface area contributed by atoms with E-state index < -0.39 is 48.3 Å². The van der Waals surface area contributed by atoms with E-state index in [1.807, 2.05) is 0 Å². The first-order valence-corrected chi connectivity index (χ1v) is 13.4. The molecule has 0 aromatic heterocycles. The van der Waals surface area contributed by atoms with Gasteiger partial charge in [0.25, 0.3) is 0 Å². The number of hydrogen-bond acceptors (Lipinski definition) is 7. The number of rotatable bonds is 9. The van der Waals surface area contributed by atoms with Crippen LogP contribution in [0, 0.1) is 46.3 Å². The highest BCUT2D eigenvalue weighted by molar-refractivity contribution is 5.89. The van der Waals surface area contributed by atoms with E-state index in [1.165, 1.54) is 6.42 Å². The van der Waals surface area contributed by atoms with E-state index in [9.17, 15) is 35.4 Å². The predicted molar refractivity (Wildman–Crippen MR) is 129 cm³/mol. The summed E-state index contributed by atoms with van der Waals surface area (Å²) < 4.78 is 0. The molecular formula is C27H48O7. The first kappa shape index (κ1) is 28.0. The number of carbonyl (C=O) groups excluding carboxylic acids is 1. The highest BCUT2D eigenvalue weighted by Gasteiger charge is 2.65. The van der Waals surface area contributed by atoms with Gasteiger partial charge in [0.2, 0.25) is 0 Å². The molecule has 0 aromatic carbocycles. The molecule has 0 bridgehead atoms. The van der Waals surface area contributed by atoms with Gasteiger partial charge in [0, 0.05) is 18.4 Å². The maximum Gasteiger partial charge on any atom is 0.145 e. The lowest BCUT2D eigenvalue weighted by atomic mass is 9.50. The van der Waals surface area contributed by atoms with Gasteiger partial charge in [0.05, 0.1) is 30.3 Å². The number of Topliss-reactive ketones (excluding diaryl/α,β-unsaturated/α-hetero) is 1. The Balaban J connectivity index is 1.89. The van der Waals surface area contributed by atoms with Crippen LogP contribution in [-0.2, 0) is 4.79 Å². The van der Waals surface area contributed by atoms with Crippen molar-refractivity contribution in [3.05, 3.63) is 0 Å². The molecule has 0 saturated heterocycles. The molecule has 0 radical (unpaired) electrons. The molecule has 0 aliphatic heterocycles. The van der Waals surface area contributed by atoms with Crippen molar-refractivity contribution in [2.24, 2.45) is 46.3 Å². The third kappa shape index (κ3) is 4.73. The van der Waals surface area contributed by atoms with Crippen molar-refractivity contribution < 1.29 is 35.4 Å². The quantitative estimate of drug-likeness (QED) is 0.294. The van der Waals surface area contributed by atoms with Crippen molar-refractivity contribution in [1.29, 1.82) is 0 Å². The molecule has 0 unspecified atom stereocenters. The van der Waals surface area contributed by atoms with Crippen LogP contribution in [-0.4, -0.2) is 74.1 Å². The molecule has 3 aliphatic carbocycles. The number of fused-ring (bicyclic) bond motifs is 1. The molecule has 7 nitrogen and oxygen atoms in total. The van der Waals surface area contributed by atoms with E-state index in [0.717, 1.165) is 25.7 Å². The maximum atomic E-state index is 14.0. The number of aliphatic hydroxyl groups is 6.